The number of hydrogen-bond donors (Lipinski definition) is 2. The van der Waals surface area contributed by atoms with E-state index in [9.17, 15) is 4.79 Å². The third-order valence-corrected chi connectivity index (χ3v) is 2.96. The number of H-pyrrole nitrogens is 1. The molecule has 2 N–H and O–H groups in total. The lowest BCUT2D eigenvalue weighted by atomic mass is 10.1. The van der Waals surface area contributed by atoms with Crippen molar-refractivity contribution < 1.29 is 14.6 Å². The summed E-state index contributed by atoms with van der Waals surface area (Å²) in [5.74, 6) is 0.536. The van der Waals surface area contributed by atoms with Crippen LogP contribution in [0, 0.1) is 0 Å². The first-order valence-corrected chi connectivity index (χ1v) is 6.27. The Morgan fingerprint density at radius 3 is 2.90 bits per heavy atom. The van der Waals surface area contributed by atoms with Crippen molar-refractivity contribution in [2.45, 2.75) is 6.54 Å². The Balaban J connectivity index is 2.19. The van der Waals surface area contributed by atoms with E-state index in [1.54, 1.807) is 12.0 Å². The molecular formula is C14H17N3O3. The van der Waals surface area contributed by atoms with Crippen LogP contribution in [0.5, 0.6) is 5.75 Å². The molecular weight excluding hydrogens is 258 g/mol. The average molecular weight is 275 g/mol. The molecule has 0 radical (unpaired) electrons. The topological polar surface area (TPSA) is 78.5 Å². The van der Waals surface area contributed by atoms with Gasteiger partial charge in [-0.1, -0.05) is 18.2 Å². The zero-order chi connectivity index (χ0) is 14.4. The second kappa shape index (κ2) is 6.72. The van der Waals surface area contributed by atoms with Gasteiger partial charge in [0.15, 0.2) is 0 Å². The van der Waals surface area contributed by atoms with Gasteiger partial charge in [-0.3, -0.25) is 9.89 Å². The quantitative estimate of drug-likeness (QED) is 0.826. The van der Waals surface area contributed by atoms with Crippen LogP contribution in [-0.2, 0) is 6.54 Å². The van der Waals surface area contributed by atoms with E-state index < -0.39 is 0 Å². The molecule has 0 saturated heterocycles. The standard InChI is InChI=1S/C14H17N3O3/c1-20-13-5-3-2-4-11(13)10-17(6-7-18)14(19)12-8-15-16-9-12/h2-5,8-9,18H,6-7,10H2,1H3,(H,15,16). The van der Waals surface area contributed by atoms with Crippen LogP contribution in [0.15, 0.2) is 36.7 Å². The van der Waals surface area contributed by atoms with Gasteiger partial charge in [0.1, 0.15) is 5.75 Å². The Labute approximate surface area is 117 Å². The van der Waals surface area contributed by atoms with E-state index in [0.29, 0.717) is 12.1 Å². The minimum Gasteiger partial charge on any atom is -0.496 e. The number of para-hydroxylation sites is 1. The average Bonchev–Trinajstić information content (AvgIpc) is 3.01. The van der Waals surface area contributed by atoms with E-state index in [0.717, 1.165) is 11.3 Å². The summed E-state index contributed by atoms with van der Waals surface area (Å²) in [5, 5.41) is 15.5. The van der Waals surface area contributed by atoms with Gasteiger partial charge in [0.05, 0.1) is 25.5 Å². The van der Waals surface area contributed by atoms with Gasteiger partial charge in [-0.15, -0.1) is 0 Å². The number of aliphatic hydroxyl groups excluding tert-OH is 1. The number of benzene rings is 1. The molecule has 106 valence electrons. The molecule has 20 heavy (non-hydrogen) atoms. The maximum atomic E-state index is 12.3. The molecule has 0 bridgehead atoms. The molecule has 0 atom stereocenters. The van der Waals surface area contributed by atoms with E-state index >= 15 is 0 Å². The number of nitrogens with zero attached hydrogens (tertiary/aromatic N) is 2. The molecule has 6 nitrogen and oxygen atoms in total. The van der Waals surface area contributed by atoms with Crippen molar-refractivity contribution in [2.75, 3.05) is 20.3 Å². The van der Waals surface area contributed by atoms with Gasteiger partial charge in [-0.2, -0.15) is 5.10 Å². The minimum atomic E-state index is -0.182. The normalized spacial score (nSPS) is 10.3. The molecule has 2 rings (SSSR count). The van der Waals surface area contributed by atoms with E-state index in [4.69, 9.17) is 9.84 Å². The molecule has 1 amide bonds. The summed E-state index contributed by atoms with van der Waals surface area (Å²) >= 11 is 0. The number of aromatic amines is 1. The second-order valence-corrected chi connectivity index (χ2v) is 4.25. The lowest BCUT2D eigenvalue weighted by Gasteiger charge is -2.22. The number of carbonyl (C=O) groups excluding carboxylic acids is 1. The predicted octanol–water partition coefficient (Wildman–Crippen LogP) is 1.05. The fourth-order valence-corrected chi connectivity index (χ4v) is 1.96. The molecule has 0 aliphatic heterocycles. The number of amides is 1. The smallest absolute Gasteiger partial charge is 0.257 e. The van der Waals surface area contributed by atoms with E-state index in [-0.39, 0.29) is 19.1 Å². The fourth-order valence-electron chi connectivity index (χ4n) is 1.96. The van der Waals surface area contributed by atoms with Gasteiger partial charge >= 0.3 is 0 Å². The van der Waals surface area contributed by atoms with E-state index in [1.165, 1.54) is 12.4 Å². The van der Waals surface area contributed by atoms with Crippen LogP contribution in [0.3, 0.4) is 0 Å². The Bertz CT molecular complexity index is 555. The second-order valence-electron chi connectivity index (χ2n) is 4.25. The van der Waals surface area contributed by atoms with Crippen LogP contribution in [0.4, 0.5) is 0 Å². The van der Waals surface area contributed by atoms with Gasteiger partial charge in [0, 0.05) is 24.8 Å². The van der Waals surface area contributed by atoms with Crippen LogP contribution >= 0.6 is 0 Å². The van der Waals surface area contributed by atoms with Crippen LogP contribution < -0.4 is 4.74 Å². The Hall–Kier alpha value is -2.34. The van der Waals surface area contributed by atoms with E-state index in [2.05, 4.69) is 10.2 Å². The lowest BCUT2D eigenvalue weighted by molar-refractivity contribution is 0.0706. The number of hydrogen-bond acceptors (Lipinski definition) is 4. The number of carbonyl (C=O) groups is 1. The summed E-state index contributed by atoms with van der Waals surface area (Å²) in [4.78, 5) is 13.9. The Morgan fingerprint density at radius 2 is 2.25 bits per heavy atom. The summed E-state index contributed by atoms with van der Waals surface area (Å²) in [6, 6.07) is 7.49. The molecule has 1 aromatic carbocycles. The van der Waals surface area contributed by atoms with Crippen molar-refractivity contribution in [3.05, 3.63) is 47.8 Å². The van der Waals surface area contributed by atoms with Gasteiger partial charge in [0.25, 0.3) is 5.91 Å². The minimum absolute atomic E-state index is 0.0985. The largest absolute Gasteiger partial charge is 0.496 e. The molecule has 1 aromatic heterocycles. The maximum absolute atomic E-state index is 12.3. The molecule has 0 aliphatic rings. The van der Waals surface area contributed by atoms with Gasteiger partial charge < -0.3 is 14.7 Å². The van der Waals surface area contributed by atoms with Crippen LogP contribution in [0.1, 0.15) is 15.9 Å². The summed E-state index contributed by atoms with van der Waals surface area (Å²) in [6.07, 6.45) is 3.00. The summed E-state index contributed by atoms with van der Waals surface area (Å²) in [6.45, 7) is 0.523. The van der Waals surface area contributed by atoms with Gasteiger partial charge in [-0.05, 0) is 6.07 Å². The molecule has 2 aromatic rings. The summed E-state index contributed by atoms with van der Waals surface area (Å²) in [5.41, 5.74) is 1.36. The van der Waals surface area contributed by atoms with Crippen LogP contribution in [0.2, 0.25) is 0 Å². The first-order valence-electron chi connectivity index (χ1n) is 6.27. The molecule has 0 unspecified atom stereocenters. The zero-order valence-corrected chi connectivity index (χ0v) is 11.2. The first kappa shape index (κ1) is 14.1. The van der Waals surface area contributed by atoms with Crippen molar-refractivity contribution in [1.82, 2.24) is 15.1 Å². The highest BCUT2D eigenvalue weighted by Crippen LogP contribution is 2.20. The Morgan fingerprint density at radius 1 is 1.45 bits per heavy atom. The summed E-state index contributed by atoms with van der Waals surface area (Å²) in [7, 11) is 1.59. The SMILES string of the molecule is COc1ccccc1CN(CCO)C(=O)c1cn[nH]c1. The van der Waals surface area contributed by atoms with Crippen molar-refractivity contribution in [3.8, 4) is 5.75 Å². The monoisotopic (exact) mass is 275 g/mol. The Kier molecular flexibility index (Phi) is 4.73. The lowest BCUT2D eigenvalue weighted by Crippen LogP contribution is -2.33. The fraction of sp³-hybridized carbons (Fsp3) is 0.286. The molecule has 6 heteroatoms. The van der Waals surface area contributed by atoms with E-state index in [1.807, 2.05) is 24.3 Å². The molecule has 0 aliphatic carbocycles. The third-order valence-electron chi connectivity index (χ3n) is 2.96. The number of aromatic nitrogens is 2. The number of nitrogens with one attached hydrogen (secondary N) is 1. The predicted molar refractivity (Wildman–Crippen MR) is 73.4 cm³/mol. The van der Waals surface area contributed by atoms with Crippen molar-refractivity contribution >= 4 is 5.91 Å². The maximum Gasteiger partial charge on any atom is 0.257 e. The third kappa shape index (κ3) is 3.16. The highest BCUT2D eigenvalue weighted by Gasteiger charge is 2.18. The molecule has 1 heterocycles. The number of methoxy groups -OCH3 is 1. The molecule has 0 fully saturated rings. The number of aliphatic hydroxyl groups is 1. The number of rotatable bonds is 6. The first-order chi connectivity index (χ1) is 9.76. The van der Waals surface area contributed by atoms with Gasteiger partial charge in [0.2, 0.25) is 0 Å². The number of ether oxygens (including phenoxy) is 1. The highest BCUT2D eigenvalue weighted by molar-refractivity contribution is 5.93. The summed E-state index contributed by atoms with van der Waals surface area (Å²) < 4.78 is 5.28. The van der Waals surface area contributed by atoms with Gasteiger partial charge in [-0.25, -0.2) is 0 Å². The van der Waals surface area contributed by atoms with Crippen LogP contribution in [0.25, 0.3) is 0 Å². The van der Waals surface area contributed by atoms with Crippen molar-refractivity contribution in [1.29, 1.82) is 0 Å². The van der Waals surface area contributed by atoms with Crippen molar-refractivity contribution in [2.24, 2.45) is 0 Å². The van der Waals surface area contributed by atoms with Crippen molar-refractivity contribution in [3.63, 3.8) is 0 Å². The molecule has 0 spiro atoms. The zero-order valence-electron chi connectivity index (χ0n) is 11.2. The van der Waals surface area contributed by atoms with Crippen LogP contribution in [-0.4, -0.2) is 46.4 Å². The highest BCUT2D eigenvalue weighted by atomic mass is 16.5. The molecule has 0 saturated carbocycles.